The lowest BCUT2D eigenvalue weighted by molar-refractivity contribution is 0.405. The van der Waals surface area contributed by atoms with E-state index in [0.29, 0.717) is 22.3 Å². The Morgan fingerprint density at radius 3 is 2.42 bits per heavy atom. The molecule has 2 heterocycles. The van der Waals surface area contributed by atoms with Gasteiger partial charge in [0, 0.05) is 37.0 Å². The highest BCUT2D eigenvalue weighted by Gasteiger charge is 2.17. The van der Waals surface area contributed by atoms with Crippen LogP contribution in [0.2, 0.25) is 5.02 Å². The zero-order valence-corrected chi connectivity index (χ0v) is 14.9. The third-order valence-electron chi connectivity index (χ3n) is 3.97. The van der Waals surface area contributed by atoms with Gasteiger partial charge in [-0.15, -0.1) is 0 Å². The summed E-state index contributed by atoms with van der Waals surface area (Å²) in [4.78, 5) is 11.4. The first-order valence-electron chi connectivity index (χ1n) is 7.90. The quantitative estimate of drug-likeness (QED) is 0.886. The molecule has 1 saturated heterocycles. The van der Waals surface area contributed by atoms with E-state index in [-0.39, 0.29) is 0 Å². The van der Waals surface area contributed by atoms with Crippen molar-refractivity contribution in [3.05, 3.63) is 28.9 Å². The van der Waals surface area contributed by atoms with E-state index in [0.717, 1.165) is 30.4 Å². The summed E-state index contributed by atoms with van der Waals surface area (Å²) in [6.45, 7) is 3.97. The fraction of sp³-hybridized carbons (Fsp3) is 0.412. The minimum absolute atomic E-state index is 0.497. The summed E-state index contributed by atoms with van der Waals surface area (Å²) in [7, 11) is 3.18. The molecular weight excluding hydrogens is 328 g/mol. The molecule has 0 amide bonds. The number of aryl methyl sites for hydroxylation is 1. The molecule has 6 nitrogen and oxygen atoms in total. The van der Waals surface area contributed by atoms with E-state index in [4.69, 9.17) is 21.1 Å². The van der Waals surface area contributed by atoms with Crippen molar-refractivity contribution < 1.29 is 9.47 Å². The molecule has 1 aromatic heterocycles. The van der Waals surface area contributed by atoms with Gasteiger partial charge in [0.15, 0.2) is 0 Å². The van der Waals surface area contributed by atoms with Crippen molar-refractivity contribution in [2.75, 3.05) is 37.5 Å². The largest absolute Gasteiger partial charge is 0.495 e. The number of nitrogens with one attached hydrogen (secondary N) is 1. The summed E-state index contributed by atoms with van der Waals surface area (Å²) >= 11 is 6.15. The first-order valence-corrected chi connectivity index (χ1v) is 8.27. The number of nitrogens with zero attached hydrogens (tertiary/aromatic N) is 3. The predicted octanol–water partition coefficient (Wildman–Crippen LogP) is 3.80. The first kappa shape index (κ1) is 16.6. The van der Waals surface area contributed by atoms with E-state index in [9.17, 15) is 0 Å². The summed E-state index contributed by atoms with van der Waals surface area (Å²) in [5.41, 5.74) is 1.65. The van der Waals surface area contributed by atoms with Crippen molar-refractivity contribution in [2.45, 2.75) is 19.8 Å². The number of hydrogen-bond donors (Lipinski definition) is 1. The van der Waals surface area contributed by atoms with Crippen LogP contribution < -0.4 is 19.7 Å². The van der Waals surface area contributed by atoms with E-state index in [1.54, 1.807) is 26.4 Å². The molecular formula is C17H21ClN4O2. The summed E-state index contributed by atoms with van der Waals surface area (Å²) < 4.78 is 10.7. The van der Waals surface area contributed by atoms with Gasteiger partial charge in [0.05, 0.1) is 24.9 Å². The Balaban J connectivity index is 1.93. The number of anilines is 3. The lowest BCUT2D eigenvalue weighted by Gasteiger charge is -2.18. The Morgan fingerprint density at radius 1 is 1.04 bits per heavy atom. The third-order valence-corrected chi connectivity index (χ3v) is 4.26. The van der Waals surface area contributed by atoms with E-state index in [1.807, 2.05) is 13.0 Å². The molecule has 1 aromatic carbocycles. The monoisotopic (exact) mass is 348 g/mol. The molecule has 1 aliphatic heterocycles. The molecule has 0 spiro atoms. The number of halogens is 1. The Hall–Kier alpha value is -2.21. The molecule has 0 atom stereocenters. The molecule has 0 saturated carbocycles. The number of aromatic nitrogens is 2. The van der Waals surface area contributed by atoms with Crippen LogP contribution in [0.3, 0.4) is 0 Å². The minimum Gasteiger partial charge on any atom is -0.495 e. The molecule has 0 aliphatic carbocycles. The molecule has 24 heavy (non-hydrogen) atoms. The minimum atomic E-state index is 0.497. The highest BCUT2D eigenvalue weighted by atomic mass is 35.5. The Labute approximate surface area is 146 Å². The molecule has 2 aromatic rings. The molecule has 128 valence electrons. The average Bonchev–Trinajstić information content (AvgIpc) is 3.10. The van der Waals surface area contributed by atoms with Gasteiger partial charge in [0.1, 0.15) is 17.3 Å². The Morgan fingerprint density at radius 2 is 1.75 bits per heavy atom. The van der Waals surface area contributed by atoms with E-state index >= 15 is 0 Å². The van der Waals surface area contributed by atoms with E-state index in [2.05, 4.69) is 20.2 Å². The summed E-state index contributed by atoms with van der Waals surface area (Å²) in [5, 5.41) is 3.79. The van der Waals surface area contributed by atoms with Crippen LogP contribution in [0.25, 0.3) is 0 Å². The predicted molar refractivity (Wildman–Crippen MR) is 96.1 cm³/mol. The molecule has 0 unspecified atom stereocenters. The maximum absolute atomic E-state index is 6.15. The van der Waals surface area contributed by atoms with Gasteiger partial charge in [-0.2, -0.15) is 4.98 Å². The standard InChI is InChI=1S/C17H21ClN4O2/c1-11-8-16(21-17(19-11)22-6-4-5-7-22)20-13-10-14(23-2)12(18)9-15(13)24-3/h8-10H,4-7H2,1-3H3,(H,19,20,21). The fourth-order valence-corrected chi connectivity index (χ4v) is 3.00. The van der Waals surface area contributed by atoms with Gasteiger partial charge >= 0.3 is 0 Å². The molecule has 3 rings (SSSR count). The number of benzene rings is 1. The zero-order chi connectivity index (χ0) is 17.1. The SMILES string of the molecule is COc1cc(Nc2cc(C)nc(N3CCCC3)n2)c(OC)cc1Cl. The lowest BCUT2D eigenvalue weighted by Crippen LogP contribution is -2.21. The van der Waals surface area contributed by atoms with Crippen molar-refractivity contribution in [3.8, 4) is 11.5 Å². The maximum atomic E-state index is 6.15. The normalized spacial score (nSPS) is 13.9. The number of methoxy groups -OCH3 is 2. The molecule has 1 fully saturated rings. The lowest BCUT2D eigenvalue weighted by atomic mass is 10.2. The smallest absolute Gasteiger partial charge is 0.227 e. The second-order valence-corrected chi connectivity index (χ2v) is 6.11. The van der Waals surface area contributed by atoms with Crippen LogP contribution in [0.5, 0.6) is 11.5 Å². The van der Waals surface area contributed by atoms with Crippen molar-refractivity contribution in [1.82, 2.24) is 9.97 Å². The fourth-order valence-electron chi connectivity index (χ4n) is 2.77. The van der Waals surface area contributed by atoms with Crippen LogP contribution in [0, 0.1) is 6.92 Å². The summed E-state index contributed by atoms with van der Waals surface area (Å²) in [6.07, 6.45) is 2.37. The molecule has 7 heteroatoms. The number of hydrogen-bond acceptors (Lipinski definition) is 6. The van der Waals surface area contributed by atoms with Crippen molar-refractivity contribution in [1.29, 1.82) is 0 Å². The van der Waals surface area contributed by atoms with Gasteiger partial charge in [0.25, 0.3) is 0 Å². The zero-order valence-electron chi connectivity index (χ0n) is 14.1. The second-order valence-electron chi connectivity index (χ2n) is 5.70. The third kappa shape index (κ3) is 3.48. The van der Waals surface area contributed by atoms with Gasteiger partial charge in [-0.25, -0.2) is 4.98 Å². The van der Waals surface area contributed by atoms with E-state index < -0.39 is 0 Å². The Kier molecular flexibility index (Phi) is 4.94. The molecule has 1 aliphatic rings. The molecule has 1 N–H and O–H groups in total. The van der Waals surface area contributed by atoms with Crippen LogP contribution in [-0.4, -0.2) is 37.3 Å². The van der Waals surface area contributed by atoms with Crippen LogP contribution in [0.4, 0.5) is 17.5 Å². The topological polar surface area (TPSA) is 59.5 Å². The van der Waals surface area contributed by atoms with Crippen LogP contribution >= 0.6 is 11.6 Å². The average molecular weight is 349 g/mol. The summed E-state index contributed by atoms with van der Waals surface area (Å²) in [5.74, 6) is 2.67. The van der Waals surface area contributed by atoms with Gasteiger partial charge in [-0.1, -0.05) is 11.6 Å². The second kappa shape index (κ2) is 7.13. The van der Waals surface area contributed by atoms with Crippen LogP contribution in [-0.2, 0) is 0 Å². The molecule has 0 bridgehead atoms. The molecule has 0 radical (unpaired) electrons. The van der Waals surface area contributed by atoms with Crippen molar-refractivity contribution in [2.24, 2.45) is 0 Å². The van der Waals surface area contributed by atoms with Gasteiger partial charge in [-0.3, -0.25) is 0 Å². The van der Waals surface area contributed by atoms with Gasteiger partial charge < -0.3 is 19.7 Å². The highest BCUT2D eigenvalue weighted by molar-refractivity contribution is 6.32. The van der Waals surface area contributed by atoms with Crippen LogP contribution in [0.1, 0.15) is 18.5 Å². The number of ether oxygens (including phenoxy) is 2. The first-order chi connectivity index (χ1) is 11.6. The highest BCUT2D eigenvalue weighted by Crippen LogP contribution is 2.37. The number of rotatable bonds is 5. The van der Waals surface area contributed by atoms with Crippen LogP contribution in [0.15, 0.2) is 18.2 Å². The van der Waals surface area contributed by atoms with E-state index in [1.165, 1.54) is 12.8 Å². The van der Waals surface area contributed by atoms with Gasteiger partial charge in [0.2, 0.25) is 5.95 Å². The van der Waals surface area contributed by atoms with Crippen molar-refractivity contribution in [3.63, 3.8) is 0 Å². The van der Waals surface area contributed by atoms with Crippen molar-refractivity contribution >= 4 is 29.1 Å². The Bertz CT molecular complexity index is 733. The maximum Gasteiger partial charge on any atom is 0.227 e. The van der Waals surface area contributed by atoms with Gasteiger partial charge in [-0.05, 0) is 19.8 Å². The summed E-state index contributed by atoms with van der Waals surface area (Å²) in [6, 6.07) is 5.42.